The fourth-order valence-corrected chi connectivity index (χ4v) is 4.83. The topological polar surface area (TPSA) is 72.2 Å². The van der Waals surface area contributed by atoms with Crippen LogP contribution in [0, 0.1) is 12.8 Å². The largest absolute Gasteiger partial charge is 0.398 e. The van der Waals surface area contributed by atoms with Gasteiger partial charge < -0.3 is 5.73 Å². The Kier molecular flexibility index (Phi) is 5.17. The Morgan fingerprint density at radius 2 is 2.10 bits per heavy atom. The minimum atomic E-state index is -3.62. The molecule has 2 unspecified atom stereocenters. The van der Waals surface area contributed by atoms with Crippen LogP contribution in [0.1, 0.15) is 44.6 Å². The second-order valence-electron chi connectivity index (χ2n) is 5.90. The number of aryl methyl sites for hydroxylation is 1. The summed E-state index contributed by atoms with van der Waals surface area (Å²) in [5, 5.41) is 0.219. The van der Waals surface area contributed by atoms with Crippen LogP contribution in [0.25, 0.3) is 0 Å². The lowest BCUT2D eigenvalue weighted by Crippen LogP contribution is -2.38. The van der Waals surface area contributed by atoms with Crippen molar-refractivity contribution >= 4 is 27.3 Å². The molecule has 4 nitrogen and oxygen atoms in total. The lowest BCUT2D eigenvalue weighted by Gasteiger charge is -2.29. The molecule has 2 atom stereocenters. The third-order valence-electron chi connectivity index (χ3n) is 4.29. The van der Waals surface area contributed by atoms with Gasteiger partial charge in [0, 0.05) is 11.7 Å². The number of sulfonamides is 1. The number of benzene rings is 1. The molecule has 3 N–H and O–H groups in total. The maximum Gasteiger partial charge on any atom is 0.242 e. The van der Waals surface area contributed by atoms with E-state index in [1.807, 2.05) is 0 Å². The molecule has 6 heteroatoms. The summed E-state index contributed by atoms with van der Waals surface area (Å²) in [6.45, 7) is 3.96. The standard InChI is InChI=1S/C15H23ClN2O2S/c1-3-11-5-4-6-12(8-11)18-21(19,20)15-9-14(17)10(2)7-13(15)16/h7,9,11-12,18H,3-6,8,17H2,1-2H3. The number of nitrogens with two attached hydrogens (primary N) is 1. The van der Waals surface area contributed by atoms with E-state index in [1.165, 1.54) is 12.5 Å². The van der Waals surface area contributed by atoms with Crippen molar-refractivity contribution in [3.05, 3.63) is 22.7 Å². The van der Waals surface area contributed by atoms with Crippen molar-refractivity contribution in [3.63, 3.8) is 0 Å². The van der Waals surface area contributed by atoms with Crippen molar-refractivity contribution < 1.29 is 8.42 Å². The first-order valence-corrected chi connectivity index (χ1v) is 9.27. The Morgan fingerprint density at radius 3 is 2.76 bits per heavy atom. The van der Waals surface area contributed by atoms with E-state index in [9.17, 15) is 8.42 Å². The first kappa shape index (κ1) is 16.6. The van der Waals surface area contributed by atoms with Gasteiger partial charge in [0.2, 0.25) is 10.0 Å². The molecule has 118 valence electrons. The van der Waals surface area contributed by atoms with Gasteiger partial charge in [0.15, 0.2) is 0 Å². The summed E-state index contributed by atoms with van der Waals surface area (Å²) in [7, 11) is -3.62. The maximum absolute atomic E-state index is 12.5. The molecule has 0 heterocycles. The van der Waals surface area contributed by atoms with E-state index in [-0.39, 0.29) is 16.0 Å². The summed E-state index contributed by atoms with van der Waals surface area (Å²) in [5.74, 6) is 0.602. The van der Waals surface area contributed by atoms with E-state index >= 15 is 0 Å². The number of hydrogen-bond acceptors (Lipinski definition) is 3. The number of rotatable bonds is 4. The lowest BCUT2D eigenvalue weighted by molar-refractivity contribution is 0.301. The molecule has 0 saturated heterocycles. The predicted octanol–water partition coefficient (Wildman–Crippen LogP) is 3.48. The van der Waals surface area contributed by atoms with Crippen molar-refractivity contribution in [1.29, 1.82) is 0 Å². The minimum absolute atomic E-state index is 0.00713. The Morgan fingerprint density at radius 1 is 1.38 bits per heavy atom. The molecule has 21 heavy (non-hydrogen) atoms. The molecule has 0 aromatic heterocycles. The Balaban J connectivity index is 2.20. The normalized spacial score (nSPS) is 23.2. The molecular weight excluding hydrogens is 308 g/mol. The minimum Gasteiger partial charge on any atom is -0.398 e. The number of halogens is 1. The van der Waals surface area contributed by atoms with Crippen LogP contribution in [0.4, 0.5) is 5.69 Å². The average Bonchev–Trinajstić information content (AvgIpc) is 2.42. The number of nitrogen functional groups attached to an aromatic ring is 1. The zero-order chi connectivity index (χ0) is 15.6. The molecule has 0 amide bonds. The molecule has 0 bridgehead atoms. The fourth-order valence-electron chi connectivity index (χ4n) is 2.93. The van der Waals surface area contributed by atoms with Crippen molar-refractivity contribution in [2.24, 2.45) is 5.92 Å². The number of anilines is 1. The Bertz CT molecular complexity index is 616. The van der Waals surface area contributed by atoms with Gasteiger partial charge in [-0.15, -0.1) is 0 Å². The molecule has 2 rings (SSSR count). The van der Waals surface area contributed by atoms with Gasteiger partial charge in [0.25, 0.3) is 0 Å². The van der Waals surface area contributed by atoms with E-state index in [0.29, 0.717) is 11.6 Å². The van der Waals surface area contributed by atoms with Gasteiger partial charge in [-0.05, 0) is 43.4 Å². The van der Waals surface area contributed by atoms with Gasteiger partial charge in [-0.3, -0.25) is 0 Å². The molecule has 1 fully saturated rings. The maximum atomic E-state index is 12.5. The zero-order valence-electron chi connectivity index (χ0n) is 12.5. The lowest BCUT2D eigenvalue weighted by atomic mass is 9.85. The smallest absolute Gasteiger partial charge is 0.242 e. The van der Waals surface area contributed by atoms with Gasteiger partial charge >= 0.3 is 0 Å². The first-order valence-electron chi connectivity index (χ1n) is 7.41. The van der Waals surface area contributed by atoms with Gasteiger partial charge in [-0.1, -0.05) is 37.8 Å². The second-order valence-corrected chi connectivity index (χ2v) is 7.99. The highest BCUT2D eigenvalue weighted by atomic mass is 35.5. The van der Waals surface area contributed by atoms with E-state index in [0.717, 1.165) is 31.2 Å². The molecule has 1 aromatic rings. The zero-order valence-corrected chi connectivity index (χ0v) is 14.1. The monoisotopic (exact) mass is 330 g/mol. The Hall–Kier alpha value is -0.780. The molecule has 1 saturated carbocycles. The summed E-state index contributed by atoms with van der Waals surface area (Å²) < 4.78 is 27.9. The number of hydrogen-bond donors (Lipinski definition) is 2. The van der Waals surface area contributed by atoms with E-state index in [1.54, 1.807) is 13.0 Å². The van der Waals surface area contributed by atoms with Gasteiger partial charge in [-0.2, -0.15) is 0 Å². The van der Waals surface area contributed by atoms with Crippen molar-refractivity contribution in [2.45, 2.75) is 56.9 Å². The molecule has 0 aliphatic heterocycles. The molecule has 0 radical (unpaired) electrons. The van der Waals surface area contributed by atoms with Crippen molar-refractivity contribution in [3.8, 4) is 0 Å². The highest BCUT2D eigenvalue weighted by Crippen LogP contribution is 2.30. The summed E-state index contributed by atoms with van der Waals surface area (Å²) in [4.78, 5) is 0.0749. The van der Waals surface area contributed by atoms with Crippen LogP contribution in [0.5, 0.6) is 0 Å². The van der Waals surface area contributed by atoms with Crippen LogP contribution < -0.4 is 10.5 Å². The van der Waals surface area contributed by atoms with Gasteiger partial charge in [-0.25, -0.2) is 13.1 Å². The molecule has 0 spiro atoms. The van der Waals surface area contributed by atoms with E-state index < -0.39 is 10.0 Å². The third kappa shape index (κ3) is 3.90. The van der Waals surface area contributed by atoms with E-state index in [4.69, 9.17) is 17.3 Å². The summed E-state index contributed by atoms with van der Waals surface area (Å²) in [6, 6.07) is 3.04. The van der Waals surface area contributed by atoms with Crippen LogP contribution in [-0.4, -0.2) is 14.5 Å². The highest BCUT2D eigenvalue weighted by molar-refractivity contribution is 7.89. The highest BCUT2D eigenvalue weighted by Gasteiger charge is 2.27. The molecule has 1 aromatic carbocycles. The van der Waals surface area contributed by atoms with Crippen LogP contribution in [-0.2, 0) is 10.0 Å². The third-order valence-corrected chi connectivity index (χ3v) is 6.28. The van der Waals surface area contributed by atoms with Crippen LogP contribution in [0.15, 0.2) is 17.0 Å². The van der Waals surface area contributed by atoms with Crippen LogP contribution >= 0.6 is 11.6 Å². The van der Waals surface area contributed by atoms with Gasteiger partial charge in [0.1, 0.15) is 4.90 Å². The quantitative estimate of drug-likeness (QED) is 0.830. The van der Waals surface area contributed by atoms with E-state index in [2.05, 4.69) is 11.6 Å². The van der Waals surface area contributed by atoms with Crippen molar-refractivity contribution in [2.75, 3.05) is 5.73 Å². The first-order chi connectivity index (χ1) is 9.83. The summed E-state index contributed by atoms with van der Waals surface area (Å²) in [5.41, 5.74) is 7.03. The van der Waals surface area contributed by atoms with Crippen LogP contribution in [0.2, 0.25) is 5.02 Å². The molecule has 1 aliphatic rings. The predicted molar refractivity (Wildman–Crippen MR) is 87.0 cm³/mol. The summed E-state index contributed by atoms with van der Waals surface area (Å²) in [6.07, 6.45) is 5.13. The summed E-state index contributed by atoms with van der Waals surface area (Å²) >= 11 is 6.08. The van der Waals surface area contributed by atoms with Gasteiger partial charge in [0.05, 0.1) is 5.02 Å². The SMILES string of the molecule is CCC1CCCC(NS(=O)(=O)c2cc(N)c(C)cc2Cl)C1. The second kappa shape index (κ2) is 6.55. The fraction of sp³-hybridized carbons (Fsp3) is 0.600. The van der Waals surface area contributed by atoms with Crippen molar-refractivity contribution in [1.82, 2.24) is 4.72 Å². The van der Waals surface area contributed by atoms with Crippen LogP contribution in [0.3, 0.4) is 0 Å². The molecular formula is C15H23ClN2O2S. The average molecular weight is 331 g/mol. The Labute approximate surface area is 132 Å². The molecule has 1 aliphatic carbocycles. The number of nitrogens with one attached hydrogen (secondary N) is 1.